The minimum atomic E-state index is -2.47. The molecule has 1 aliphatic heterocycles. The molecule has 0 radical (unpaired) electrons. The summed E-state index contributed by atoms with van der Waals surface area (Å²) in [6, 6.07) is 0.726. The highest BCUT2D eigenvalue weighted by molar-refractivity contribution is 6.60. The normalized spacial score (nSPS) is 18.5. The summed E-state index contributed by atoms with van der Waals surface area (Å²) < 4.78 is 26.1. The second-order valence-electron chi connectivity index (χ2n) is 5.21. The third-order valence-electron chi connectivity index (χ3n) is 3.43. The Labute approximate surface area is 135 Å². The highest BCUT2D eigenvalue weighted by atomic mass is 28.4. The Morgan fingerprint density at radius 3 is 2.14 bits per heavy atom. The van der Waals surface area contributed by atoms with Gasteiger partial charge in [0.2, 0.25) is 0 Å². The molecule has 1 heterocycles. The van der Waals surface area contributed by atoms with E-state index in [1.54, 1.807) is 21.3 Å². The standard InChI is InChI=1S/C8H22N2O3Si.C6H12O2/c1-11-14(12-2,13-3)7-8(6-10)4-5-9;1-2-3-7-4-6-5-8-6/h8H,4-7,9-10H2,1-3H3;6H,2-5H2,1H3. The predicted octanol–water partition coefficient (Wildman–Crippen LogP) is 0.600. The van der Waals surface area contributed by atoms with Crippen molar-refractivity contribution in [2.75, 3.05) is 54.2 Å². The van der Waals surface area contributed by atoms with E-state index in [1.165, 1.54) is 0 Å². The van der Waals surface area contributed by atoms with Crippen molar-refractivity contribution in [3.63, 3.8) is 0 Å². The Balaban J connectivity index is 0.000000461. The minimum absolute atomic E-state index is 0.312. The van der Waals surface area contributed by atoms with Crippen molar-refractivity contribution < 1.29 is 22.8 Å². The van der Waals surface area contributed by atoms with Gasteiger partial charge in [-0.25, -0.2) is 0 Å². The first kappa shape index (κ1) is 21.9. The maximum Gasteiger partial charge on any atom is 0.500 e. The van der Waals surface area contributed by atoms with Gasteiger partial charge < -0.3 is 34.2 Å². The number of ether oxygens (including phenoxy) is 2. The fourth-order valence-electron chi connectivity index (χ4n) is 1.92. The SMILES string of the molecule is CCCOCC1CO1.CO[Si](CC(CN)CCN)(OC)OC. The largest absolute Gasteiger partial charge is 0.500 e. The van der Waals surface area contributed by atoms with Crippen molar-refractivity contribution in [2.45, 2.75) is 31.9 Å². The van der Waals surface area contributed by atoms with Gasteiger partial charge in [0.25, 0.3) is 0 Å². The zero-order chi connectivity index (χ0) is 16.8. The molecule has 0 saturated carbocycles. The molecule has 0 aromatic rings. The topological polar surface area (TPSA) is 101 Å². The molecule has 7 nitrogen and oxygen atoms in total. The van der Waals surface area contributed by atoms with Crippen LogP contribution in [0.25, 0.3) is 0 Å². The van der Waals surface area contributed by atoms with E-state index in [4.69, 9.17) is 34.2 Å². The summed E-state index contributed by atoms with van der Waals surface area (Å²) in [6.07, 6.45) is 2.41. The Kier molecular flexibility index (Phi) is 13.3. The Bertz CT molecular complexity index is 245. The van der Waals surface area contributed by atoms with E-state index in [9.17, 15) is 0 Å². The highest BCUT2D eigenvalue weighted by Gasteiger charge is 2.39. The molecule has 0 aromatic heterocycles. The van der Waals surface area contributed by atoms with E-state index in [0.717, 1.165) is 38.7 Å². The third kappa shape index (κ3) is 9.85. The second kappa shape index (κ2) is 13.4. The summed E-state index contributed by atoms with van der Waals surface area (Å²) in [5.74, 6) is 0.312. The first-order valence-corrected chi connectivity index (χ1v) is 9.79. The van der Waals surface area contributed by atoms with E-state index in [0.29, 0.717) is 25.1 Å². The number of hydrogen-bond donors (Lipinski definition) is 2. The van der Waals surface area contributed by atoms with Gasteiger partial charge in [-0.05, 0) is 31.8 Å². The smallest absolute Gasteiger partial charge is 0.379 e. The molecule has 0 spiro atoms. The summed E-state index contributed by atoms with van der Waals surface area (Å²) in [7, 11) is 2.34. The molecule has 1 fully saturated rings. The van der Waals surface area contributed by atoms with E-state index < -0.39 is 8.80 Å². The van der Waals surface area contributed by atoms with Gasteiger partial charge in [0.1, 0.15) is 6.10 Å². The molecular weight excluding hydrogens is 304 g/mol. The molecule has 22 heavy (non-hydrogen) atoms. The summed E-state index contributed by atoms with van der Waals surface area (Å²) in [5.41, 5.74) is 11.1. The van der Waals surface area contributed by atoms with Gasteiger partial charge in [0, 0.05) is 34.0 Å². The molecule has 2 unspecified atom stereocenters. The van der Waals surface area contributed by atoms with Gasteiger partial charge >= 0.3 is 8.80 Å². The first-order chi connectivity index (χ1) is 10.6. The maximum absolute atomic E-state index is 5.63. The minimum Gasteiger partial charge on any atom is -0.379 e. The van der Waals surface area contributed by atoms with E-state index >= 15 is 0 Å². The maximum atomic E-state index is 5.63. The third-order valence-corrected chi connectivity index (χ3v) is 6.38. The van der Waals surface area contributed by atoms with Crippen molar-refractivity contribution in [1.82, 2.24) is 0 Å². The van der Waals surface area contributed by atoms with Crippen LogP contribution >= 0.6 is 0 Å². The molecule has 0 aliphatic carbocycles. The predicted molar refractivity (Wildman–Crippen MR) is 88.7 cm³/mol. The van der Waals surface area contributed by atoms with Crippen LogP contribution in [0.3, 0.4) is 0 Å². The summed E-state index contributed by atoms with van der Waals surface area (Å²) in [5, 5.41) is 0. The van der Waals surface area contributed by atoms with E-state index in [-0.39, 0.29) is 0 Å². The fraction of sp³-hybridized carbons (Fsp3) is 1.00. The molecule has 134 valence electrons. The highest BCUT2D eigenvalue weighted by Crippen LogP contribution is 2.20. The first-order valence-electron chi connectivity index (χ1n) is 7.86. The van der Waals surface area contributed by atoms with Crippen molar-refractivity contribution in [2.24, 2.45) is 17.4 Å². The average molecular weight is 339 g/mol. The lowest BCUT2D eigenvalue weighted by Gasteiger charge is -2.27. The Morgan fingerprint density at radius 2 is 1.77 bits per heavy atom. The number of rotatable bonds is 12. The molecule has 4 N–H and O–H groups in total. The monoisotopic (exact) mass is 338 g/mol. The van der Waals surface area contributed by atoms with Crippen LogP contribution in [-0.4, -0.2) is 69.1 Å². The van der Waals surface area contributed by atoms with Crippen molar-refractivity contribution >= 4 is 8.80 Å². The molecule has 1 saturated heterocycles. The van der Waals surface area contributed by atoms with Crippen molar-refractivity contribution in [1.29, 1.82) is 0 Å². The lowest BCUT2D eigenvalue weighted by Crippen LogP contribution is -2.45. The van der Waals surface area contributed by atoms with Crippen LogP contribution in [-0.2, 0) is 22.8 Å². The Hall–Kier alpha value is -0.0631. The van der Waals surface area contributed by atoms with Crippen LogP contribution in [0, 0.1) is 5.92 Å². The van der Waals surface area contributed by atoms with Gasteiger partial charge in [-0.1, -0.05) is 6.92 Å². The van der Waals surface area contributed by atoms with Crippen LogP contribution in [0.4, 0.5) is 0 Å². The van der Waals surface area contributed by atoms with Crippen LogP contribution in [0.15, 0.2) is 0 Å². The molecule has 0 aromatic carbocycles. The number of hydrogen-bond acceptors (Lipinski definition) is 7. The van der Waals surface area contributed by atoms with Crippen LogP contribution in [0.1, 0.15) is 19.8 Å². The van der Waals surface area contributed by atoms with E-state index in [2.05, 4.69) is 6.92 Å². The zero-order valence-corrected chi connectivity index (χ0v) is 15.5. The zero-order valence-electron chi connectivity index (χ0n) is 14.5. The van der Waals surface area contributed by atoms with Gasteiger partial charge in [-0.3, -0.25) is 0 Å². The van der Waals surface area contributed by atoms with Crippen molar-refractivity contribution in [3.8, 4) is 0 Å². The molecule has 8 heteroatoms. The van der Waals surface area contributed by atoms with Gasteiger partial charge in [0.15, 0.2) is 0 Å². The number of nitrogens with two attached hydrogens (primary N) is 2. The number of epoxide rings is 1. The summed E-state index contributed by atoms with van der Waals surface area (Å²) in [6.45, 7) is 5.90. The lowest BCUT2D eigenvalue weighted by atomic mass is 10.1. The van der Waals surface area contributed by atoms with Gasteiger partial charge in [0.05, 0.1) is 13.2 Å². The van der Waals surface area contributed by atoms with Gasteiger partial charge in [-0.2, -0.15) is 0 Å². The second-order valence-corrected chi connectivity index (χ2v) is 8.21. The molecule has 0 bridgehead atoms. The quantitative estimate of drug-likeness (QED) is 0.305. The van der Waals surface area contributed by atoms with Gasteiger partial charge in [-0.15, -0.1) is 0 Å². The molecule has 0 amide bonds. The molecule has 1 aliphatic rings. The van der Waals surface area contributed by atoms with Crippen LogP contribution < -0.4 is 11.5 Å². The van der Waals surface area contributed by atoms with Crippen LogP contribution in [0.2, 0.25) is 6.04 Å². The van der Waals surface area contributed by atoms with Crippen LogP contribution in [0.5, 0.6) is 0 Å². The summed E-state index contributed by atoms with van der Waals surface area (Å²) >= 11 is 0. The van der Waals surface area contributed by atoms with Crippen molar-refractivity contribution in [3.05, 3.63) is 0 Å². The lowest BCUT2D eigenvalue weighted by molar-refractivity contribution is 0.117. The molecular formula is C14H34N2O5Si. The average Bonchev–Trinajstić information content (AvgIpc) is 3.37. The molecule has 1 rings (SSSR count). The Morgan fingerprint density at radius 1 is 1.18 bits per heavy atom. The fourth-order valence-corrected chi connectivity index (χ4v) is 3.99. The van der Waals surface area contributed by atoms with E-state index in [1.807, 2.05) is 0 Å². The summed E-state index contributed by atoms with van der Waals surface area (Å²) in [4.78, 5) is 0. The molecule has 2 atom stereocenters.